The Labute approximate surface area is 102 Å². The summed E-state index contributed by atoms with van der Waals surface area (Å²) in [6.07, 6.45) is -5.51. The van der Waals surface area contributed by atoms with Crippen LogP contribution >= 0.6 is 0 Å². The summed E-state index contributed by atoms with van der Waals surface area (Å²) in [7, 11) is 0. The first-order chi connectivity index (χ1) is 8.32. The smallest absolute Gasteiger partial charge is 0.416 e. The minimum atomic E-state index is -4.41. The average Bonchev–Trinajstić information content (AvgIpc) is 2.68. The number of hydrogen-bond acceptors (Lipinski definition) is 2. The summed E-state index contributed by atoms with van der Waals surface area (Å²) in [6.45, 7) is 1.70. The lowest BCUT2D eigenvalue weighted by molar-refractivity contribution is -0.266. The molecule has 0 aliphatic carbocycles. The van der Waals surface area contributed by atoms with Crippen molar-refractivity contribution >= 4 is 6.09 Å². The number of carboxylic acid groups (broad SMARTS) is 1. The number of alkyl halides is 3. The second kappa shape index (κ2) is 4.19. The summed E-state index contributed by atoms with van der Waals surface area (Å²) in [5.41, 5.74) is 0.554. The molecule has 0 fully saturated rings. The van der Waals surface area contributed by atoms with Crippen molar-refractivity contribution in [2.75, 3.05) is 0 Å². The minimum absolute atomic E-state index is 0.0370. The number of benzene rings is 1. The minimum Gasteiger partial charge on any atom is -0.530 e. The van der Waals surface area contributed by atoms with Crippen LogP contribution in [0.1, 0.15) is 29.2 Å². The third kappa shape index (κ3) is 2.14. The predicted octanol–water partition coefficient (Wildman–Crippen LogP) is 1.93. The first kappa shape index (κ1) is 12.7. The van der Waals surface area contributed by atoms with E-state index in [-0.39, 0.29) is 25.1 Å². The van der Waals surface area contributed by atoms with Crippen LogP contribution in [0, 0.1) is 0 Å². The Balaban J connectivity index is 2.45. The largest absolute Gasteiger partial charge is 0.530 e. The van der Waals surface area contributed by atoms with Crippen molar-refractivity contribution in [3.8, 4) is 0 Å². The maximum absolute atomic E-state index is 12.8. The third-order valence-electron chi connectivity index (χ3n) is 3.09. The van der Waals surface area contributed by atoms with Crippen LogP contribution in [-0.2, 0) is 25.7 Å². The van der Waals surface area contributed by atoms with E-state index in [4.69, 9.17) is 0 Å². The van der Waals surface area contributed by atoms with Gasteiger partial charge in [0, 0.05) is 13.1 Å². The zero-order chi connectivity index (χ0) is 13.5. The molecule has 0 radical (unpaired) electrons. The molecule has 6 heteroatoms. The molecule has 1 aliphatic rings. The van der Waals surface area contributed by atoms with Crippen molar-refractivity contribution in [3.05, 3.63) is 34.4 Å². The van der Waals surface area contributed by atoms with Crippen molar-refractivity contribution in [3.63, 3.8) is 0 Å². The number of fused-ring (bicyclic) bond motifs is 1. The maximum atomic E-state index is 12.8. The highest BCUT2D eigenvalue weighted by atomic mass is 19.4. The van der Waals surface area contributed by atoms with Crippen LogP contribution in [0.3, 0.4) is 0 Å². The number of aryl methyl sites for hydroxylation is 1. The summed E-state index contributed by atoms with van der Waals surface area (Å²) in [4.78, 5) is 11.7. The van der Waals surface area contributed by atoms with Gasteiger partial charge in [-0.05, 0) is 29.2 Å². The lowest BCUT2D eigenvalue weighted by Gasteiger charge is -2.17. The van der Waals surface area contributed by atoms with Crippen molar-refractivity contribution in [1.82, 2.24) is 4.90 Å². The maximum Gasteiger partial charge on any atom is 0.416 e. The molecule has 0 saturated heterocycles. The van der Waals surface area contributed by atoms with E-state index < -0.39 is 17.8 Å². The van der Waals surface area contributed by atoms with E-state index in [1.807, 2.05) is 0 Å². The van der Waals surface area contributed by atoms with E-state index in [0.717, 1.165) is 11.0 Å². The van der Waals surface area contributed by atoms with E-state index in [2.05, 4.69) is 0 Å². The SMILES string of the molecule is CCc1cc2c(cc1C(F)(F)F)CN(C(=O)[O-])C2. The first-order valence-electron chi connectivity index (χ1n) is 5.50. The predicted molar refractivity (Wildman–Crippen MR) is 55.5 cm³/mol. The number of hydrogen-bond donors (Lipinski definition) is 0. The molecule has 1 aliphatic heterocycles. The monoisotopic (exact) mass is 258 g/mol. The van der Waals surface area contributed by atoms with E-state index in [9.17, 15) is 23.1 Å². The molecule has 3 nitrogen and oxygen atoms in total. The lowest BCUT2D eigenvalue weighted by Crippen LogP contribution is -2.37. The molecule has 0 aromatic heterocycles. The summed E-state index contributed by atoms with van der Waals surface area (Å²) >= 11 is 0. The van der Waals surface area contributed by atoms with Gasteiger partial charge < -0.3 is 14.8 Å². The van der Waals surface area contributed by atoms with Crippen LogP contribution in [0.15, 0.2) is 12.1 Å². The molecule has 2 rings (SSSR count). The molecule has 1 aromatic rings. The second-order valence-electron chi connectivity index (χ2n) is 4.25. The zero-order valence-electron chi connectivity index (χ0n) is 9.67. The zero-order valence-corrected chi connectivity index (χ0v) is 9.67. The highest BCUT2D eigenvalue weighted by molar-refractivity contribution is 5.64. The van der Waals surface area contributed by atoms with Gasteiger partial charge in [-0.2, -0.15) is 13.2 Å². The molecule has 1 aromatic carbocycles. The molecule has 0 spiro atoms. The van der Waals surface area contributed by atoms with Gasteiger partial charge in [0.1, 0.15) is 6.09 Å². The van der Waals surface area contributed by atoms with Gasteiger partial charge in [0.05, 0.1) is 5.56 Å². The van der Waals surface area contributed by atoms with E-state index in [1.54, 1.807) is 6.92 Å². The number of carbonyl (C=O) groups excluding carboxylic acids is 1. The molecule has 0 bridgehead atoms. The van der Waals surface area contributed by atoms with Gasteiger partial charge in [-0.1, -0.05) is 13.0 Å². The number of amides is 1. The van der Waals surface area contributed by atoms with Crippen LogP contribution in [0.25, 0.3) is 0 Å². The Morgan fingerprint density at radius 1 is 1.33 bits per heavy atom. The Morgan fingerprint density at radius 2 is 1.89 bits per heavy atom. The standard InChI is InChI=1S/C12H12F3NO2/c1-2-7-3-8-5-16(11(17)18)6-9(8)4-10(7)12(13,14)15/h3-4H,2,5-6H2,1H3,(H,17,18)/p-1. The normalized spacial score (nSPS) is 14.8. The van der Waals surface area contributed by atoms with Crippen LogP contribution in [0.2, 0.25) is 0 Å². The van der Waals surface area contributed by atoms with Gasteiger partial charge in [-0.25, -0.2) is 0 Å². The van der Waals surface area contributed by atoms with E-state index >= 15 is 0 Å². The molecule has 0 unspecified atom stereocenters. The van der Waals surface area contributed by atoms with Gasteiger partial charge in [-0.3, -0.25) is 0 Å². The molecule has 0 saturated carbocycles. The topological polar surface area (TPSA) is 43.4 Å². The molecular formula is C12H11F3NO2-. The highest BCUT2D eigenvalue weighted by Crippen LogP contribution is 2.36. The quantitative estimate of drug-likeness (QED) is 0.772. The van der Waals surface area contributed by atoms with Crippen molar-refractivity contribution in [1.29, 1.82) is 0 Å². The molecule has 18 heavy (non-hydrogen) atoms. The Kier molecular flexibility index (Phi) is 2.96. The first-order valence-corrected chi connectivity index (χ1v) is 5.50. The molecule has 0 N–H and O–H groups in total. The van der Waals surface area contributed by atoms with Gasteiger partial charge in [0.15, 0.2) is 0 Å². The fraction of sp³-hybridized carbons (Fsp3) is 0.417. The van der Waals surface area contributed by atoms with E-state index in [0.29, 0.717) is 11.1 Å². The van der Waals surface area contributed by atoms with Gasteiger partial charge in [0.25, 0.3) is 0 Å². The fourth-order valence-corrected chi connectivity index (χ4v) is 2.19. The Morgan fingerprint density at radius 3 is 2.33 bits per heavy atom. The number of rotatable bonds is 1. The van der Waals surface area contributed by atoms with Gasteiger partial charge in [-0.15, -0.1) is 0 Å². The summed E-state index contributed by atoms with van der Waals surface area (Å²) in [5.74, 6) is 0. The molecule has 1 heterocycles. The van der Waals surface area contributed by atoms with Crippen molar-refractivity contribution < 1.29 is 23.1 Å². The van der Waals surface area contributed by atoms with Crippen LogP contribution in [0.5, 0.6) is 0 Å². The Hall–Kier alpha value is -1.72. The summed E-state index contributed by atoms with van der Waals surface area (Å²) < 4.78 is 38.5. The molecular weight excluding hydrogens is 247 g/mol. The van der Waals surface area contributed by atoms with Crippen molar-refractivity contribution in [2.45, 2.75) is 32.6 Å². The summed E-state index contributed by atoms with van der Waals surface area (Å²) in [6, 6.07) is 2.50. The average molecular weight is 258 g/mol. The van der Waals surface area contributed by atoms with E-state index in [1.165, 1.54) is 6.07 Å². The molecule has 0 atom stereocenters. The van der Waals surface area contributed by atoms with Crippen LogP contribution in [-0.4, -0.2) is 11.0 Å². The fourth-order valence-electron chi connectivity index (χ4n) is 2.19. The molecule has 98 valence electrons. The Bertz CT molecular complexity index is 497. The van der Waals surface area contributed by atoms with Gasteiger partial charge >= 0.3 is 6.18 Å². The lowest BCUT2D eigenvalue weighted by atomic mass is 9.98. The number of nitrogens with zero attached hydrogens (tertiary/aromatic N) is 1. The van der Waals surface area contributed by atoms with Crippen LogP contribution < -0.4 is 5.11 Å². The van der Waals surface area contributed by atoms with Gasteiger partial charge in [0.2, 0.25) is 0 Å². The third-order valence-corrected chi connectivity index (χ3v) is 3.09. The number of carbonyl (C=O) groups is 1. The second-order valence-corrected chi connectivity index (χ2v) is 4.25. The van der Waals surface area contributed by atoms with Crippen LogP contribution in [0.4, 0.5) is 18.0 Å². The van der Waals surface area contributed by atoms with Crippen molar-refractivity contribution in [2.24, 2.45) is 0 Å². The highest BCUT2D eigenvalue weighted by Gasteiger charge is 2.34. The molecule has 1 amide bonds. The summed E-state index contributed by atoms with van der Waals surface area (Å²) in [5, 5.41) is 10.7. The number of halogens is 3.